The Morgan fingerprint density at radius 3 is 2.25 bits per heavy atom. The van der Waals surface area contributed by atoms with E-state index in [0.717, 1.165) is 38.6 Å². The van der Waals surface area contributed by atoms with Crippen LogP contribution in [0.1, 0.15) is 29.0 Å². The Hall–Kier alpha value is -3.41. The number of halogens is 2. The van der Waals surface area contributed by atoms with E-state index in [1.54, 1.807) is 7.11 Å². The van der Waals surface area contributed by atoms with Crippen LogP contribution >= 0.6 is 23.2 Å². The summed E-state index contributed by atoms with van der Waals surface area (Å²) in [6.07, 6.45) is 0.468. The molecule has 0 saturated heterocycles. The molecule has 6 heteroatoms. The Morgan fingerprint density at radius 2 is 1.55 bits per heavy atom. The molecule has 1 aromatic heterocycles. The van der Waals surface area contributed by atoms with Crippen molar-refractivity contribution in [2.75, 3.05) is 27.7 Å². The van der Waals surface area contributed by atoms with E-state index in [2.05, 4.69) is 23.1 Å². The maximum atomic E-state index is 13.1. The number of fused-ring (bicyclic) bond motifs is 1. The van der Waals surface area contributed by atoms with Crippen molar-refractivity contribution in [3.05, 3.63) is 130 Å². The first-order valence-electron chi connectivity index (χ1n) is 13.2. The Balaban J connectivity index is 1.82. The lowest BCUT2D eigenvalue weighted by molar-refractivity contribution is 0.00517. The number of aliphatic hydroxyl groups is 1. The molecule has 0 spiro atoms. The lowest BCUT2D eigenvalue weighted by atomic mass is 9.70. The van der Waals surface area contributed by atoms with Gasteiger partial charge in [0.2, 0.25) is 5.88 Å². The summed E-state index contributed by atoms with van der Waals surface area (Å²) in [5.74, 6) is -0.148. The standard InChI is InChI=1S/C34H32Cl2N2O2/c1-38(2)21-20-34(39,30-15-9-13-23-10-7-8-14-27(23)30)31(25-11-5-4-6-12-25)29-22-28(32(36)37-33(29)40-3)24-16-18-26(35)19-17-24/h4-19,22,31,39H,20-21H2,1-3H3. The summed E-state index contributed by atoms with van der Waals surface area (Å²) < 4.78 is 5.84. The fraction of sp³-hybridized carbons (Fsp3) is 0.206. The van der Waals surface area contributed by atoms with Gasteiger partial charge in [0.15, 0.2) is 0 Å². The van der Waals surface area contributed by atoms with Crippen LogP contribution in [-0.4, -0.2) is 42.7 Å². The molecular weight excluding hydrogens is 539 g/mol. The van der Waals surface area contributed by atoms with Gasteiger partial charge in [0.1, 0.15) is 10.8 Å². The zero-order valence-corrected chi connectivity index (χ0v) is 24.3. The highest BCUT2D eigenvalue weighted by Crippen LogP contribution is 2.49. The summed E-state index contributed by atoms with van der Waals surface area (Å²) in [6.45, 7) is 0.663. The number of benzene rings is 4. The molecule has 4 aromatic carbocycles. The predicted molar refractivity (Wildman–Crippen MR) is 166 cm³/mol. The second-order valence-corrected chi connectivity index (χ2v) is 11.1. The number of ether oxygens (including phenoxy) is 1. The monoisotopic (exact) mass is 570 g/mol. The summed E-state index contributed by atoms with van der Waals surface area (Å²) in [6, 6.07) is 33.9. The highest BCUT2D eigenvalue weighted by molar-refractivity contribution is 6.32. The molecule has 0 saturated carbocycles. The SMILES string of the molecule is COc1nc(Cl)c(-c2ccc(Cl)cc2)cc1C(c1ccccc1)C(O)(CCN(C)C)c1cccc2ccccc12. The van der Waals surface area contributed by atoms with E-state index in [1.807, 2.05) is 99.0 Å². The fourth-order valence-electron chi connectivity index (χ4n) is 5.48. The van der Waals surface area contributed by atoms with Crippen molar-refractivity contribution in [3.63, 3.8) is 0 Å². The second kappa shape index (κ2) is 12.0. The molecule has 0 radical (unpaired) electrons. The Labute approximate surface area is 245 Å². The molecule has 2 atom stereocenters. The molecule has 1 heterocycles. The topological polar surface area (TPSA) is 45.6 Å². The molecule has 2 unspecified atom stereocenters. The van der Waals surface area contributed by atoms with Crippen molar-refractivity contribution in [1.82, 2.24) is 9.88 Å². The van der Waals surface area contributed by atoms with Gasteiger partial charge in [-0.1, -0.05) is 108 Å². The molecule has 4 nitrogen and oxygen atoms in total. The molecular formula is C34H32Cl2N2O2. The van der Waals surface area contributed by atoms with Gasteiger partial charge >= 0.3 is 0 Å². The molecule has 5 rings (SSSR count). The molecule has 0 aliphatic carbocycles. The van der Waals surface area contributed by atoms with E-state index in [0.29, 0.717) is 29.0 Å². The second-order valence-electron chi connectivity index (χ2n) is 10.3. The van der Waals surface area contributed by atoms with Crippen LogP contribution < -0.4 is 4.74 Å². The van der Waals surface area contributed by atoms with Gasteiger partial charge in [0, 0.05) is 28.6 Å². The van der Waals surface area contributed by atoms with Gasteiger partial charge in [-0.05, 0) is 66.2 Å². The lowest BCUT2D eigenvalue weighted by Crippen LogP contribution is -2.38. The first-order valence-corrected chi connectivity index (χ1v) is 14.0. The molecule has 0 amide bonds. The lowest BCUT2D eigenvalue weighted by Gasteiger charge is -2.39. The maximum Gasteiger partial charge on any atom is 0.218 e. The van der Waals surface area contributed by atoms with Crippen LogP contribution in [0.25, 0.3) is 21.9 Å². The zero-order valence-electron chi connectivity index (χ0n) is 22.8. The van der Waals surface area contributed by atoms with E-state index < -0.39 is 11.5 Å². The smallest absolute Gasteiger partial charge is 0.218 e. The van der Waals surface area contributed by atoms with Gasteiger partial charge in [-0.15, -0.1) is 0 Å². The maximum absolute atomic E-state index is 13.1. The van der Waals surface area contributed by atoms with Crippen LogP contribution in [0.2, 0.25) is 10.2 Å². The van der Waals surface area contributed by atoms with Crippen molar-refractivity contribution < 1.29 is 9.84 Å². The van der Waals surface area contributed by atoms with Gasteiger partial charge < -0.3 is 14.7 Å². The number of hydrogen-bond donors (Lipinski definition) is 1. The first kappa shape index (κ1) is 28.1. The summed E-state index contributed by atoms with van der Waals surface area (Å²) in [4.78, 5) is 6.78. The molecule has 0 fully saturated rings. The average molecular weight is 572 g/mol. The van der Waals surface area contributed by atoms with Crippen molar-refractivity contribution in [2.24, 2.45) is 0 Å². The summed E-state index contributed by atoms with van der Waals surface area (Å²) in [7, 11) is 5.62. The number of rotatable bonds is 9. The van der Waals surface area contributed by atoms with E-state index in [1.165, 1.54) is 0 Å². The fourth-order valence-corrected chi connectivity index (χ4v) is 5.85. The largest absolute Gasteiger partial charge is 0.481 e. The molecule has 5 aromatic rings. The number of methoxy groups -OCH3 is 1. The highest BCUT2D eigenvalue weighted by Gasteiger charge is 2.43. The number of hydrogen-bond acceptors (Lipinski definition) is 4. The van der Waals surface area contributed by atoms with Crippen molar-refractivity contribution in [2.45, 2.75) is 17.9 Å². The van der Waals surface area contributed by atoms with Crippen LogP contribution in [0.4, 0.5) is 0 Å². The molecule has 0 aliphatic rings. The van der Waals surface area contributed by atoms with Crippen molar-refractivity contribution in [3.8, 4) is 17.0 Å². The third kappa shape index (κ3) is 5.59. The van der Waals surface area contributed by atoms with Crippen LogP contribution in [0, 0.1) is 0 Å². The van der Waals surface area contributed by atoms with E-state index >= 15 is 0 Å². The number of nitrogens with zero attached hydrogens (tertiary/aromatic N) is 2. The van der Waals surface area contributed by atoms with E-state index in [4.69, 9.17) is 32.9 Å². The van der Waals surface area contributed by atoms with Crippen LogP contribution in [0.5, 0.6) is 5.88 Å². The van der Waals surface area contributed by atoms with Crippen LogP contribution in [0.15, 0.2) is 103 Å². The van der Waals surface area contributed by atoms with Crippen molar-refractivity contribution >= 4 is 34.0 Å². The molecule has 40 heavy (non-hydrogen) atoms. The van der Waals surface area contributed by atoms with Gasteiger partial charge in [-0.25, -0.2) is 4.98 Å². The van der Waals surface area contributed by atoms with Gasteiger partial charge in [-0.2, -0.15) is 0 Å². The average Bonchev–Trinajstić information content (AvgIpc) is 2.97. The summed E-state index contributed by atoms with van der Waals surface area (Å²) >= 11 is 12.9. The minimum atomic E-state index is -1.33. The number of aromatic nitrogens is 1. The normalized spacial score (nSPS) is 13.8. The Bertz CT molecular complexity index is 1600. The van der Waals surface area contributed by atoms with Gasteiger partial charge in [0.05, 0.1) is 7.11 Å². The Kier molecular flexibility index (Phi) is 8.43. The minimum Gasteiger partial charge on any atom is -0.481 e. The molecule has 1 N–H and O–H groups in total. The first-order chi connectivity index (χ1) is 19.3. The quantitative estimate of drug-likeness (QED) is 0.181. The Morgan fingerprint density at radius 1 is 0.875 bits per heavy atom. The third-order valence-electron chi connectivity index (χ3n) is 7.43. The van der Waals surface area contributed by atoms with Gasteiger partial charge in [0.25, 0.3) is 0 Å². The van der Waals surface area contributed by atoms with Crippen molar-refractivity contribution in [1.29, 1.82) is 0 Å². The van der Waals surface area contributed by atoms with E-state index in [-0.39, 0.29) is 0 Å². The van der Waals surface area contributed by atoms with Gasteiger partial charge in [-0.3, -0.25) is 0 Å². The van der Waals surface area contributed by atoms with E-state index in [9.17, 15) is 5.11 Å². The highest BCUT2D eigenvalue weighted by atomic mass is 35.5. The summed E-state index contributed by atoms with van der Waals surface area (Å²) in [5, 5.41) is 16.1. The molecule has 0 bridgehead atoms. The zero-order chi connectivity index (χ0) is 28.3. The summed E-state index contributed by atoms with van der Waals surface area (Å²) in [5.41, 5.74) is 2.83. The molecule has 0 aliphatic heterocycles. The minimum absolute atomic E-state index is 0.316. The number of pyridine rings is 1. The van der Waals surface area contributed by atoms with Crippen LogP contribution in [-0.2, 0) is 5.60 Å². The predicted octanol–water partition coefficient (Wildman–Crippen LogP) is 8.19. The van der Waals surface area contributed by atoms with Crippen LogP contribution in [0.3, 0.4) is 0 Å². The molecule has 204 valence electrons. The third-order valence-corrected chi connectivity index (χ3v) is 7.98.